The van der Waals surface area contributed by atoms with Gasteiger partial charge in [-0.3, -0.25) is 0 Å². The third-order valence-electron chi connectivity index (χ3n) is 8.70. The van der Waals surface area contributed by atoms with Gasteiger partial charge < -0.3 is 9.88 Å². The van der Waals surface area contributed by atoms with E-state index in [9.17, 15) is 0 Å². The molecule has 0 saturated heterocycles. The standard InChI is InChI=1S/C39H30N2/c1-39(2)35-14-8-6-12-31(35)32-22-21-29(25-36(32)39)40-28-19-16-26(17-20-28)27-18-23-38-34(24-27)33-13-7-9-15-37(33)41(38)30-10-4-3-5-11-30/h3-25,40H,1-2H3/i19D. The predicted octanol–water partition coefficient (Wildman–Crippen LogP) is 10.5. The number of fused-ring (bicyclic) bond motifs is 6. The van der Waals surface area contributed by atoms with Gasteiger partial charge in [-0.25, -0.2) is 0 Å². The summed E-state index contributed by atoms with van der Waals surface area (Å²) in [5, 5.41) is 5.97. The molecule has 6 aromatic carbocycles. The van der Waals surface area contributed by atoms with Crippen molar-refractivity contribution < 1.29 is 1.37 Å². The van der Waals surface area contributed by atoms with Crippen molar-refractivity contribution in [2.24, 2.45) is 0 Å². The second-order valence-electron chi connectivity index (χ2n) is 11.5. The van der Waals surface area contributed by atoms with Crippen LogP contribution in [0.5, 0.6) is 0 Å². The molecule has 7 aromatic rings. The molecule has 1 heterocycles. The van der Waals surface area contributed by atoms with Crippen LogP contribution in [0.4, 0.5) is 11.4 Å². The molecule has 0 unspecified atom stereocenters. The smallest absolute Gasteiger partial charge is 0.0645 e. The summed E-state index contributed by atoms with van der Waals surface area (Å²) in [6.07, 6.45) is 0. The third-order valence-corrected chi connectivity index (χ3v) is 8.70. The van der Waals surface area contributed by atoms with Crippen LogP contribution in [0.1, 0.15) is 26.3 Å². The minimum absolute atomic E-state index is 0.0560. The fourth-order valence-corrected chi connectivity index (χ4v) is 6.63. The Morgan fingerprint density at radius 3 is 2.15 bits per heavy atom. The lowest BCUT2D eigenvalue weighted by Crippen LogP contribution is -2.15. The van der Waals surface area contributed by atoms with Crippen LogP contribution in [0.2, 0.25) is 0 Å². The quantitative estimate of drug-likeness (QED) is 0.241. The van der Waals surface area contributed by atoms with E-state index in [1.165, 1.54) is 44.1 Å². The van der Waals surface area contributed by atoms with E-state index in [4.69, 9.17) is 1.37 Å². The summed E-state index contributed by atoms with van der Waals surface area (Å²) in [6.45, 7) is 4.58. The number of anilines is 2. The Hall–Kier alpha value is -5.08. The van der Waals surface area contributed by atoms with Gasteiger partial charge in [0.05, 0.1) is 12.4 Å². The molecule has 0 fully saturated rings. The van der Waals surface area contributed by atoms with Gasteiger partial charge >= 0.3 is 0 Å². The summed E-state index contributed by atoms with van der Waals surface area (Å²) in [5.41, 5.74) is 12.7. The van der Waals surface area contributed by atoms with Crippen molar-refractivity contribution in [1.82, 2.24) is 4.57 Å². The zero-order chi connectivity index (χ0) is 28.4. The molecule has 1 aliphatic rings. The van der Waals surface area contributed by atoms with Gasteiger partial charge in [-0.1, -0.05) is 98.8 Å². The van der Waals surface area contributed by atoms with Gasteiger partial charge in [0.2, 0.25) is 0 Å². The Morgan fingerprint density at radius 2 is 1.27 bits per heavy atom. The van der Waals surface area contributed by atoms with Crippen molar-refractivity contribution in [2.75, 3.05) is 5.32 Å². The number of rotatable bonds is 4. The molecule has 0 amide bonds. The van der Waals surface area contributed by atoms with Gasteiger partial charge in [0.1, 0.15) is 0 Å². The number of para-hydroxylation sites is 2. The molecule has 1 aromatic heterocycles. The Bertz CT molecular complexity index is 2150. The molecule has 0 aliphatic heterocycles. The largest absolute Gasteiger partial charge is 0.356 e. The maximum absolute atomic E-state index is 8.89. The zero-order valence-corrected chi connectivity index (χ0v) is 23.1. The molecule has 1 aliphatic carbocycles. The van der Waals surface area contributed by atoms with Gasteiger partial charge in [0.25, 0.3) is 0 Å². The van der Waals surface area contributed by atoms with Crippen LogP contribution in [0.3, 0.4) is 0 Å². The summed E-state index contributed by atoms with van der Waals surface area (Å²) >= 11 is 0. The Labute approximate surface area is 241 Å². The lowest BCUT2D eigenvalue weighted by Gasteiger charge is -2.22. The fraction of sp³-hybridized carbons (Fsp3) is 0.0769. The SMILES string of the molecule is [2H]c1cc(-c2ccc3c(c2)c2ccccc2n3-c2ccccc2)ccc1Nc1ccc2c(c1)C(C)(C)c1ccccc1-2. The van der Waals surface area contributed by atoms with Crippen LogP contribution >= 0.6 is 0 Å². The number of nitrogens with zero attached hydrogens (tertiary/aromatic N) is 1. The Balaban J connectivity index is 1.14. The molecule has 0 bridgehead atoms. The van der Waals surface area contributed by atoms with Crippen molar-refractivity contribution in [3.8, 4) is 27.9 Å². The van der Waals surface area contributed by atoms with Gasteiger partial charge in [-0.05, 0) is 88.0 Å². The van der Waals surface area contributed by atoms with E-state index in [1.807, 2.05) is 12.1 Å². The number of nitrogens with one attached hydrogen (secondary N) is 1. The van der Waals surface area contributed by atoms with E-state index in [-0.39, 0.29) is 5.41 Å². The number of benzene rings is 6. The summed E-state index contributed by atoms with van der Waals surface area (Å²) in [6, 6.07) is 47.6. The average molecular weight is 528 g/mol. The highest BCUT2D eigenvalue weighted by Crippen LogP contribution is 2.49. The van der Waals surface area contributed by atoms with Gasteiger partial charge in [0, 0.05) is 33.2 Å². The normalized spacial score (nSPS) is 13.7. The molecule has 2 nitrogen and oxygen atoms in total. The molecule has 2 heteroatoms. The van der Waals surface area contributed by atoms with Crippen molar-refractivity contribution in [3.05, 3.63) is 151 Å². The van der Waals surface area contributed by atoms with Gasteiger partial charge in [-0.2, -0.15) is 0 Å². The Morgan fingerprint density at radius 1 is 0.561 bits per heavy atom. The lowest BCUT2D eigenvalue weighted by molar-refractivity contribution is 0.660. The number of aromatic nitrogens is 1. The first-order chi connectivity index (χ1) is 20.5. The first-order valence-electron chi connectivity index (χ1n) is 14.7. The minimum atomic E-state index is -0.0560. The van der Waals surface area contributed by atoms with E-state index < -0.39 is 0 Å². The van der Waals surface area contributed by atoms with Crippen LogP contribution < -0.4 is 5.32 Å². The van der Waals surface area contributed by atoms with Crippen LogP contribution in [-0.4, -0.2) is 4.57 Å². The minimum Gasteiger partial charge on any atom is -0.356 e. The summed E-state index contributed by atoms with van der Waals surface area (Å²) in [7, 11) is 0. The molecular weight excluding hydrogens is 496 g/mol. The number of hydrogen-bond acceptors (Lipinski definition) is 1. The van der Waals surface area contributed by atoms with E-state index in [0.717, 1.165) is 28.2 Å². The average Bonchev–Trinajstić information content (AvgIpc) is 3.47. The topological polar surface area (TPSA) is 17.0 Å². The molecule has 41 heavy (non-hydrogen) atoms. The fourth-order valence-electron chi connectivity index (χ4n) is 6.63. The summed E-state index contributed by atoms with van der Waals surface area (Å²) < 4.78 is 11.2. The summed E-state index contributed by atoms with van der Waals surface area (Å²) in [5.74, 6) is 0. The summed E-state index contributed by atoms with van der Waals surface area (Å²) in [4.78, 5) is 0. The van der Waals surface area contributed by atoms with Crippen molar-refractivity contribution in [1.29, 1.82) is 0 Å². The van der Waals surface area contributed by atoms with Gasteiger partial charge in [-0.15, -0.1) is 0 Å². The van der Waals surface area contributed by atoms with Crippen molar-refractivity contribution in [3.63, 3.8) is 0 Å². The second kappa shape index (κ2) is 8.97. The molecule has 8 rings (SSSR count). The monoisotopic (exact) mass is 527 g/mol. The molecule has 0 spiro atoms. The third kappa shape index (κ3) is 3.72. The molecule has 0 radical (unpaired) electrons. The molecule has 0 saturated carbocycles. The van der Waals surface area contributed by atoms with Crippen LogP contribution in [0, 0.1) is 0 Å². The van der Waals surface area contributed by atoms with Crippen LogP contribution in [0.25, 0.3) is 49.7 Å². The van der Waals surface area contributed by atoms with Crippen molar-refractivity contribution in [2.45, 2.75) is 19.3 Å². The number of hydrogen-bond donors (Lipinski definition) is 1. The van der Waals surface area contributed by atoms with Crippen molar-refractivity contribution >= 4 is 33.2 Å². The molecule has 1 N–H and O–H groups in total. The maximum atomic E-state index is 8.89. The zero-order valence-electron chi connectivity index (χ0n) is 24.1. The highest BCUT2D eigenvalue weighted by molar-refractivity contribution is 6.10. The van der Waals surface area contributed by atoms with Gasteiger partial charge in [0.15, 0.2) is 0 Å². The van der Waals surface area contributed by atoms with E-state index in [2.05, 4.69) is 145 Å². The molecule has 196 valence electrons. The molecular formula is C39H30N2. The van der Waals surface area contributed by atoms with Crippen LogP contribution in [0.15, 0.2) is 140 Å². The first kappa shape index (κ1) is 22.7. The van der Waals surface area contributed by atoms with E-state index in [1.54, 1.807) is 0 Å². The second-order valence-corrected chi connectivity index (χ2v) is 11.5. The molecule has 0 atom stereocenters. The first-order valence-corrected chi connectivity index (χ1v) is 14.2. The maximum Gasteiger partial charge on any atom is 0.0645 e. The highest BCUT2D eigenvalue weighted by atomic mass is 15.0. The Kier molecular flexibility index (Phi) is 4.97. The highest BCUT2D eigenvalue weighted by Gasteiger charge is 2.35. The van der Waals surface area contributed by atoms with Crippen LogP contribution in [-0.2, 0) is 5.41 Å². The van der Waals surface area contributed by atoms with E-state index in [0.29, 0.717) is 6.04 Å². The van der Waals surface area contributed by atoms with E-state index >= 15 is 0 Å². The lowest BCUT2D eigenvalue weighted by atomic mass is 9.82. The predicted molar refractivity (Wildman–Crippen MR) is 174 cm³/mol.